The van der Waals surface area contributed by atoms with Gasteiger partial charge in [-0.1, -0.05) is 23.7 Å². The van der Waals surface area contributed by atoms with Crippen molar-refractivity contribution in [2.24, 2.45) is 0 Å². The van der Waals surface area contributed by atoms with E-state index in [0.717, 1.165) is 5.56 Å². The first kappa shape index (κ1) is 16.4. The highest BCUT2D eigenvalue weighted by molar-refractivity contribution is 9.10. The van der Waals surface area contributed by atoms with E-state index in [-0.39, 0.29) is 17.8 Å². The molecule has 1 aliphatic heterocycles. The van der Waals surface area contributed by atoms with Crippen LogP contribution in [0, 0.1) is 5.82 Å². The molecule has 2 unspecified atom stereocenters. The van der Waals surface area contributed by atoms with Crippen molar-refractivity contribution in [1.82, 2.24) is 16.4 Å². The van der Waals surface area contributed by atoms with E-state index in [9.17, 15) is 9.18 Å². The summed E-state index contributed by atoms with van der Waals surface area (Å²) in [5, 5.41) is 3.36. The van der Waals surface area contributed by atoms with Crippen LogP contribution >= 0.6 is 27.5 Å². The summed E-state index contributed by atoms with van der Waals surface area (Å²) in [6.45, 7) is 0. The van der Waals surface area contributed by atoms with Crippen LogP contribution < -0.4 is 21.7 Å². The molecule has 2 aromatic carbocycles. The number of amides is 1. The molecule has 120 valence electrons. The van der Waals surface area contributed by atoms with Crippen LogP contribution in [-0.2, 0) is 4.79 Å². The zero-order valence-corrected chi connectivity index (χ0v) is 14.1. The number of rotatable bonds is 3. The van der Waals surface area contributed by atoms with Gasteiger partial charge in [-0.3, -0.25) is 4.79 Å². The van der Waals surface area contributed by atoms with Crippen molar-refractivity contribution in [2.75, 3.05) is 5.32 Å². The average molecular weight is 400 g/mol. The third-order valence-corrected chi connectivity index (χ3v) is 4.36. The normalized spacial score (nSPS) is 20.5. The van der Waals surface area contributed by atoms with Crippen molar-refractivity contribution in [3.8, 4) is 0 Å². The lowest BCUT2D eigenvalue weighted by Crippen LogP contribution is -2.41. The Morgan fingerprint density at radius 1 is 1.22 bits per heavy atom. The number of hydrazine groups is 2. The Balaban J connectivity index is 1.78. The van der Waals surface area contributed by atoms with Crippen LogP contribution in [0.1, 0.15) is 11.6 Å². The first-order valence-corrected chi connectivity index (χ1v) is 7.99. The summed E-state index contributed by atoms with van der Waals surface area (Å²) < 4.78 is 13.6. The largest absolute Gasteiger partial charge is 0.324 e. The number of hydrogen-bond acceptors (Lipinski definition) is 4. The Labute approximate surface area is 145 Å². The fourth-order valence-electron chi connectivity index (χ4n) is 2.36. The summed E-state index contributed by atoms with van der Waals surface area (Å²) in [5.41, 5.74) is 9.98. The fourth-order valence-corrected chi connectivity index (χ4v) is 3.01. The molecule has 23 heavy (non-hydrogen) atoms. The van der Waals surface area contributed by atoms with E-state index in [1.807, 2.05) is 12.1 Å². The van der Waals surface area contributed by atoms with Crippen LogP contribution in [0.15, 0.2) is 46.9 Å². The fraction of sp³-hybridized carbons (Fsp3) is 0.133. The van der Waals surface area contributed by atoms with Gasteiger partial charge in [0.25, 0.3) is 0 Å². The Morgan fingerprint density at radius 3 is 2.78 bits per heavy atom. The number of nitrogens with one attached hydrogen (secondary N) is 4. The van der Waals surface area contributed by atoms with E-state index in [2.05, 4.69) is 37.6 Å². The van der Waals surface area contributed by atoms with Crippen LogP contribution in [0.3, 0.4) is 0 Å². The lowest BCUT2D eigenvalue weighted by Gasteiger charge is -2.18. The van der Waals surface area contributed by atoms with Gasteiger partial charge >= 0.3 is 0 Å². The summed E-state index contributed by atoms with van der Waals surface area (Å²) >= 11 is 9.24. The zero-order valence-electron chi connectivity index (χ0n) is 11.7. The minimum atomic E-state index is -0.564. The van der Waals surface area contributed by atoms with Crippen molar-refractivity contribution < 1.29 is 9.18 Å². The molecule has 0 saturated carbocycles. The smallest absolute Gasteiger partial charge is 0.244 e. The summed E-state index contributed by atoms with van der Waals surface area (Å²) in [6.07, 6.45) is 0. The molecule has 0 aliphatic carbocycles. The molecule has 1 amide bonds. The lowest BCUT2D eigenvalue weighted by molar-refractivity contribution is -0.118. The molecule has 0 radical (unpaired) electrons. The van der Waals surface area contributed by atoms with Crippen LogP contribution in [0.4, 0.5) is 10.1 Å². The Bertz CT molecular complexity index is 745. The summed E-state index contributed by atoms with van der Waals surface area (Å²) in [4.78, 5) is 12.5. The van der Waals surface area contributed by atoms with Gasteiger partial charge in [-0.05, 0) is 51.8 Å². The monoisotopic (exact) mass is 398 g/mol. The van der Waals surface area contributed by atoms with Gasteiger partial charge in [0.1, 0.15) is 11.9 Å². The van der Waals surface area contributed by atoms with E-state index in [1.54, 1.807) is 12.1 Å². The minimum Gasteiger partial charge on any atom is -0.324 e. The van der Waals surface area contributed by atoms with Gasteiger partial charge in [-0.25, -0.2) is 15.2 Å². The standard InChI is InChI=1S/C15H13BrClFN4O/c16-11-7-10(18)4-5-12(11)19-15(23)14-13(20-22-21-14)8-2-1-3-9(17)6-8/h1-7,13-14,20-22H,(H,19,23). The first-order valence-electron chi connectivity index (χ1n) is 6.82. The highest BCUT2D eigenvalue weighted by Gasteiger charge is 2.34. The molecule has 2 aromatic rings. The Morgan fingerprint density at radius 2 is 2.04 bits per heavy atom. The van der Waals surface area contributed by atoms with Gasteiger partial charge in [0, 0.05) is 9.50 Å². The summed E-state index contributed by atoms with van der Waals surface area (Å²) in [5.74, 6) is -0.645. The van der Waals surface area contributed by atoms with Crippen LogP contribution in [-0.4, -0.2) is 11.9 Å². The molecule has 1 heterocycles. The molecule has 5 nitrogen and oxygen atoms in total. The quantitative estimate of drug-likeness (QED) is 0.641. The van der Waals surface area contributed by atoms with E-state index in [1.165, 1.54) is 18.2 Å². The SMILES string of the molecule is O=C(Nc1ccc(F)cc1Br)C1NNNC1c1cccc(Cl)c1. The van der Waals surface area contributed by atoms with E-state index >= 15 is 0 Å². The minimum absolute atomic E-state index is 0.264. The van der Waals surface area contributed by atoms with E-state index in [0.29, 0.717) is 15.2 Å². The summed E-state index contributed by atoms with van der Waals surface area (Å²) in [7, 11) is 0. The van der Waals surface area contributed by atoms with Crippen molar-refractivity contribution in [1.29, 1.82) is 0 Å². The van der Waals surface area contributed by atoms with Crippen molar-refractivity contribution in [3.05, 3.63) is 63.3 Å². The topological polar surface area (TPSA) is 65.2 Å². The number of benzene rings is 2. The second-order valence-electron chi connectivity index (χ2n) is 5.04. The first-order chi connectivity index (χ1) is 11.0. The number of halogens is 3. The molecule has 0 aromatic heterocycles. The molecule has 0 bridgehead atoms. The average Bonchev–Trinajstić information content (AvgIpc) is 2.99. The predicted octanol–water partition coefficient (Wildman–Crippen LogP) is 2.90. The van der Waals surface area contributed by atoms with Gasteiger partial charge in [-0.2, -0.15) is 5.53 Å². The Hall–Kier alpha value is -1.51. The van der Waals surface area contributed by atoms with Crippen LogP contribution in [0.5, 0.6) is 0 Å². The zero-order chi connectivity index (χ0) is 16.4. The molecule has 4 N–H and O–H groups in total. The number of carbonyl (C=O) groups excluding carboxylic acids is 1. The van der Waals surface area contributed by atoms with Crippen LogP contribution in [0.25, 0.3) is 0 Å². The van der Waals surface area contributed by atoms with Gasteiger partial charge in [0.15, 0.2) is 0 Å². The molecule has 1 aliphatic rings. The predicted molar refractivity (Wildman–Crippen MR) is 90.1 cm³/mol. The maximum absolute atomic E-state index is 13.1. The number of hydrogen-bond donors (Lipinski definition) is 4. The molecule has 3 rings (SSSR count). The van der Waals surface area contributed by atoms with Gasteiger partial charge in [0.2, 0.25) is 5.91 Å². The molecular formula is C15H13BrClFN4O. The molecule has 1 saturated heterocycles. The highest BCUT2D eigenvalue weighted by atomic mass is 79.9. The molecule has 2 atom stereocenters. The number of anilines is 1. The van der Waals surface area contributed by atoms with Gasteiger partial charge in [-0.15, -0.1) is 0 Å². The number of carbonyl (C=O) groups is 1. The maximum Gasteiger partial charge on any atom is 0.244 e. The van der Waals surface area contributed by atoms with Crippen molar-refractivity contribution in [2.45, 2.75) is 12.1 Å². The van der Waals surface area contributed by atoms with Gasteiger partial charge in [0.05, 0.1) is 11.7 Å². The van der Waals surface area contributed by atoms with E-state index < -0.39 is 6.04 Å². The molecular weight excluding hydrogens is 387 g/mol. The maximum atomic E-state index is 13.1. The highest BCUT2D eigenvalue weighted by Crippen LogP contribution is 2.26. The molecule has 0 spiro atoms. The van der Waals surface area contributed by atoms with Crippen molar-refractivity contribution in [3.63, 3.8) is 0 Å². The Kier molecular flexibility index (Phi) is 4.93. The second-order valence-corrected chi connectivity index (χ2v) is 6.33. The van der Waals surface area contributed by atoms with Gasteiger partial charge < -0.3 is 5.32 Å². The molecule has 8 heteroatoms. The van der Waals surface area contributed by atoms with Crippen LogP contribution in [0.2, 0.25) is 5.02 Å². The summed E-state index contributed by atoms with van der Waals surface area (Å²) in [6, 6.07) is 10.5. The van der Waals surface area contributed by atoms with E-state index in [4.69, 9.17) is 11.6 Å². The second kappa shape index (κ2) is 6.94. The third kappa shape index (κ3) is 3.70. The molecule has 1 fully saturated rings. The lowest BCUT2D eigenvalue weighted by atomic mass is 10.0. The third-order valence-electron chi connectivity index (χ3n) is 3.47. The van der Waals surface area contributed by atoms with Crippen molar-refractivity contribution >= 4 is 39.1 Å².